The summed E-state index contributed by atoms with van der Waals surface area (Å²) in [5.74, 6) is 0.744. The summed E-state index contributed by atoms with van der Waals surface area (Å²) in [6.45, 7) is 1.34. The van der Waals surface area contributed by atoms with Crippen LogP contribution in [0.3, 0.4) is 0 Å². The topological polar surface area (TPSA) is 69.6 Å². The second kappa shape index (κ2) is 11.5. The molecular weight excluding hydrogens is 441 g/mol. The number of aromatic nitrogens is 1. The molecule has 2 aromatic rings. The maximum atomic E-state index is 12.0. The lowest BCUT2D eigenvalue weighted by Crippen LogP contribution is -2.38. The van der Waals surface area contributed by atoms with E-state index in [1.165, 1.54) is 0 Å². The Kier molecular flexibility index (Phi) is 9.64. The van der Waals surface area contributed by atoms with Gasteiger partial charge in [-0.15, -0.1) is 24.0 Å². The number of hydrogen-bond donors (Lipinski definition) is 2. The Morgan fingerprint density at radius 2 is 1.96 bits per heavy atom. The fraction of sp³-hybridized carbons (Fsp3) is 0.316. The molecule has 1 amide bonds. The molecule has 0 aliphatic heterocycles. The molecule has 1 heterocycles. The Labute approximate surface area is 172 Å². The monoisotopic (exact) mass is 467 g/mol. The van der Waals surface area contributed by atoms with Crippen molar-refractivity contribution in [2.75, 3.05) is 27.7 Å². The number of carbonyl (C=O) groups excluding carboxylic acids is 1. The van der Waals surface area contributed by atoms with Gasteiger partial charge in [-0.1, -0.05) is 18.2 Å². The number of pyridine rings is 1. The lowest BCUT2D eigenvalue weighted by molar-refractivity contribution is 0.0827. The molecule has 26 heavy (non-hydrogen) atoms. The average Bonchev–Trinajstić information content (AvgIpc) is 2.64. The maximum absolute atomic E-state index is 12.0. The number of guanidine groups is 1. The van der Waals surface area contributed by atoms with Crippen LogP contribution in [-0.2, 0) is 13.0 Å². The lowest BCUT2D eigenvalue weighted by atomic mass is 10.1. The molecule has 1 aromatic carbocycles. The Hall–Kier alpha value is -2.16. The number of amides is 1. The minimum Gasteiger partial charge on any atom is -0.356 e. The minimum atomic E-state index is 0. The van der Waals surface area contributed by atoms with Crippen molar-refractivity contribution in [1.29, 1.82) is 0 Å². The van der Waals surface area contributed by atoms with Crippen molar-refractivity contribution in [1.82, 2.24) is 20.5 Å². The summed E-state index contributed by atoms with van der Waals surface area (Å²) in [5, 5.41) is 6.51. The number of hydrogen-bond acceptors (Lipinski definition) is 3. The van der Waals surface area contributed by atoms with E-state index in [1.54, 1.807) is 32.2 Å². The Morgan fingerprint density at radius 3 is 2.62 bits per heavy atom. The molecule has 6 nitrogen and oxygen atoms in total. The summed E-state index contributed by atoms with van der Waals surface area (Å²) >= 11 is 0. The predicted octanol–water partition coefficient (Wildman–Crippen LogP) is 2.31. The number of carbonyl (C=O) groups is 1. The molecular formula is C19H26IN5O. The summed E-state index contributed by atoms with van der Waals surface area (Å²) in [5.41, 5.74) is 2.78. The minimum absolute atomic E-state index is 0. The molecule has 0 atom stereocenters. The van der Waals surface area contributed by atoms with Crippen LogP contribution in [0.25, 0.3) is 0 Å². The van der Waals surface area contributed by atoms with E-state index in [0.717, 1.165) is 30.2 Å². The van der Waals surface area contributed by atoms with Gasteiger partial charge in [0.1, 0.15) is 0 Å². The van der Waals surface area contributed by atoms with Crippen LogP contribution < -0.4 is 10.6 Å². The molecule has 0 fully saturated rings. The van der Waals surface area contributed by atoms with E-state index in [2.05, 4.69) is 20.6 Å². The van der Waals surface area contributed by atoms with Gasteiger partial charge >= 0.3 is 0 Å². The molecule has 0 aliphatic rings. The van der Waals surface area contributed by atoms with Gasteiger partial charge in [-0.25, -0.2) is 0 Å². The molecule has 7 heteroatoms. The van der Waals surface area contributed by atoms with Gasteiger partial charge in [0.05, 0.1) is 12.2 Å². The SMILES string of the molecule is CN=C(NCCc1cccc(C(=O)N(C)C)c1)NCc1ccccn1.I. The van der Waals surface area contributed by atoms with E-state index < -0.39 is 0 Å². The number of rotatable bonds is 6. The molecule has 0 saturated heterocycles. The van der Waals surface area contributed by atoms with Crippen molar-refractivity contribution in [3.05, 3.63) is 65.5 Å². The van der Waals surface area contributed by atoms with Crippen molar-refractivity contribution in [3.63, 3.8) is 0 Å². The van der Waals surface area contributed by atoms with Gasteiger partial charge in [-0.3, -0.25) is 14.8 Å². The first-order valence-corrected chi connectivity index (χ1v) is 8.25. The maximum Gasteiger partial charge on any atom is 0.253 e. The van der Waals surface area contributed by atoms with Crippen molar-refractivity contribution >= 4 is 35.8 Å². The molecule has 0 aliphatic carbocycles. The Morgan fingerprint density at radius 1 is 1.15 bits per heavy atom. The first kappa shape index (κ1) is 21.9. The van der Waals surface area contributed by atoms with Crippen LogP contribution in [0, 0.1) is 0 Å². The van der Waals surface area contributed by atoms with Crippen molar-refractivity contribution in [2.24, 2.45) is 4.99 Å². The number of benzene rings is 1. The van der Waals surface area contributed by atoms with Crippen molar-refractivity contribution in [2.45, 2.75) is 13.0 Å². The molecule has 0 radical (unpaired) electrons. The van der Waals surface area contributed by atoms with Gasteiger partial charge in [-0.2, -0.15) is 0 Å². The Bertz CT molecular complexity index is 719. The molecule has 2 N–H and O–H groups in total. The van der Waals surface area contributed by atoms with Crippen molar-refractivity contribution in [3.8, 4) is 0 Å². The van der Waals surface area contributed by atoms with Crippen LogP contribution in [0.1, 0.15) is 21.6 Å². The predicted molar refractivity (Wildman–Crippen MR) is 116 cm³/mol. The highest BCUT2D eigenvalue weighted by Crippen LogP contribution is 2.07. The highest BCUT2D eigenvalue weighted by molar-refractivity contribution is 14.0. The number of aliphatic imine (C=N–C) groups is 1. The van der Waals surface area contributed by atoms with E-state index in [1.807, 2.05) is 42.5 Å². The van der Waals surface area contributed by atoms with Crippen LogP contribution in [0.2, 0.25) is 0 Å². The molecule has 1 aromatic heterocycles. The van der Waals surface area contributed by atoms with Crippen LogP contribution in [0.4, 0.5) is 0 Å². The summed E-state index contributed by atoms with van der Waals surface area (Å²) in [6.07, 6.45) is 2.58. The van der Waals surface area contributed by atoms with Gasteiger partial charge in [0.25, 0.3) is 5.91 Å². The number of nitrogens with one attached hydrogen (secondary N) is 2. The third-order valence-electron chi connectivity index (χ3n) is 3.67. The fourth-order valence-corrected chi connectivity index (χ4v) is 2.34. The van der Waals surface area contributed by atoms with Gasteiger partial charge in [0, 0.05) is 39.4 Å². The third-order valence-corrected chi connectivity index (χ3v) is 3.67. The highest BCUT2D eigenvalue weighted by Gasteiger charge is 2.08. The molecule has 0 unspecified atom stereocenters. The van der Waals surface area contributed by atoms with E-state index in [0.29, 0.717) is 12.1 Å². The number of nitrogens with zero attached hydrogens (tertiary/aromatic N) is 3. The van der Waals surface area contributed by atoms with Crippen LogP contribution in [0.15, 0.2) is 53.7 Å². The first-order valence-electron chi connectivity index (χ1n) is 8.25. The third kappa shape index (κ3) is 6.99. The van der Waals surface area contributed by atoms with E-state index in [-0.39, 0.29) is 29.9 Å². The van der Waals surface area contributed by atoms with Crippen LogP contribution >= 0.6 is 24.0 Å². The summed E-state index contributed by atoms with van der Waals surface area (Å²) in [6, 6.07) is 13.5. The number of halogens is 1. The average molecular weight is 467 g/mol. The zero-order chi connectivity index (χ0) is 18.1. The second-order valence-corrected chi connectivity index (χ2v) is 5.82. The summed E-state index contributed by atoms with van der Waals surface area (Å²) in [4.78, 5) is 22.1. The van der Waals surface area contributed by atoms with Gasteiger partial charge in [-0.05, 0) is 36.2 Å². The quantitative estimate of drug-likeness (QED) is 0.389. The normalized spacial score (nSPS) is 10.7. The van der Waals surface area contributed by atoms with Crippen LogP contribution in [-0.4, -0.2) is 49.4 Å². The standard InChI is InChI=1S/C19H25N5O.HI/c1-20-19(23-14-17-9-4-5-11-21-17)22-12-10-15-7-6-8-16(13-15)18(25)24(2)3;/h4-9,11,13H,10,12,14H2,1-3H3,(H2,20,22,23);1H. The smallest absolute Gasteiger partial charge is 0.253 e. The second-order valence-electron chi connectivity index (χ2n) is 5.82. The molecule has 0 bridgehead atoms. The highest BCUT2D eigenvalue weighted by atomic mass is 127. The lowest BCUT2D eigenvalue weighted by Gasteiger charge is -2.13. The van der Waals surface area contributed by atoms with E-state index >= 15 is 0 Å². The van der Waals surface area contributed by atoms with Crippen molar-refractivity contribution < 1.29 is 4.79 Å². The van der Waals surface area contributed by atoms with Gasteiger partial charge in [0.15, 0.2) is 5.96 Å². The van der Waals surface area contributed by atoms with E-state index in [4.69, 9.17) is 0 Å². The molecule has 140 valence electrons. The summed E-state index contributed by atoms with van der Waals surface area (Å²) in [7, 11) is 5.26. The zero-order valence-corrected chi connectivity index (χ0v) is 17.7. The first-order chi connectivity index (χ1) is 12.1. The summed E-state index contributed by atoms with van der Waals surface area (Å²) < 4.78 is 0. The van der Waals surface area contributed by atoms with E-state index in [9.17, 15) is 4.79 Å². The molecule has 2 rings (SSSR count). The van der Waals surface area contributed by atoms with Gasteiger partial charge in [0.2, 0.25) is 0 Å². The largest absolute Gasteiger partial charge is 0.356 e. The molecule has 0 spiro atoms. The van der Waals surface area contributed by atoms with Crippen LogP contribution in [0.5, 0.6) is 0 Å². The molecule has 0 saturated carbocycles. The van der Waals surface area contributed by atoms with Gasteiger partial charge < -0.3 is 15.5 Å². The zero-order valence-electron chi connectivity index (χ0n) is 15.4. The fourth-order valence-electron chi connectivity index (χ4n) is 2.34. The Balaban J connectivity index is 0.00000338.